The van der Waals surface area contributed by atoms with Crippen LogP contribution in [-0.2, 0) is 16.0 Å². The lowest BCUT2D eigenvalue weighted by atomic mass is 9.89. The standard InChI is InChI=1S/C37H55NO4S/c1-5-29(24-27(2)26-42-31-17-10-7-11-18-31)15-8-6-9-16-30-20-21-33(34(25-30)32-19-13-12-14-28(32)3)36(39)38-35(37(40)41)22-23-43-4/h12-14,19-21,25,27,29,31,35H,5-11,15-18,22-24,26H2,1-4H3,(H,38,39)(H,40,41)/t27?,29-,35-/m0/s1. The van der Waals surface area contributed by atoms with Crippen molar-refractivity contribution in [2.75, 3.05) is 18.6 Å². The van der Waals surface area contributed by atoms with Gasteiger partial charge >= 0.3 is 5.97 Å². The fourth-order valence-electron chi connectivity index (χ4n) is 6.37. The zero-order valence-electron chi connectivity index (χ0n) is 27.0. The molecule has 0 saturated heterocycles. The van der Waals surface area contributed by atoms with Crippen LogP contribution in [0, 0.1) is 18.8 Å². The number of unbranched alkanes of at least 4 members (excludes halogenated alkanes) is 2. The van der Waals surface area contributed by atoms with E-state index in [1.807, 2.05) is 36.6 Å². The van der Waals surface area contributed by atoms with Crippen LogP contribution in [0.25, 0.3) is 11.1 Å². The second-order valence-electron chi connectivity index (χ2n) is 12.6. The van der Waals surface area contributed by atoms with Crippen LogP contribution in [0.15, 0.2) is 42.5 Å². The van der Waals surface area contributed by atoms with Gasteiger partial charge in [0.25, 0.3) is 5.91 Å². The first-order chi connectivity index (χ1) is 20.8. The molecule has 0 bridgehead atoms. The summed E-state index contributed by atoms with van der Waals surface area (Å²) in [5.41, 5.74) is 4.72. The van der Waals surface area contributed by atoms with Crippen LogP contribution in [0.3, 0.4) is 0 Å². The van der Waals surface area contributed by atoms with Crippen molar-refractivity contribution in [3.8, 4) is 11.1 Å². The maximum Gasteiger partial charge on any atom is 0.326 e. The molecule has 0 spiro atoms. The molecule has 3 rings (SSSR count). The van der Waals surface area contributed by atoms with Gasteiger partial charge in [0.15, 0.2) is 0 Å². The molecule has 1 aliphatic carbocycles. The predicted molar refractivity (Wildman–Crippen MR) is 181 cm³/mol. The van der Waals surface area contributed by atoms with Gasteiger partial charge < -0.3 is 15.2 Å². The molecule has 2 N–H and O–H groups in total. The van der Waals surface area contributed by atoms with Crippen molar-refractivity contribution < 1.29 is 19.4 Å². The van der Waals surface area contributed by atoms with Crippen LogP contribution >= 0.6 is 11.8 Å². The highest BCUT2D eigenvalue weighted by molar-refractivity contribution is 7.98. The number of hydrogen-bond acceptors (Lipinski definition) is 4. The van der Waals surface area contributed by atoms with Crippen molar-refractivity contribution in [1.29, 1.82) is 0 Å². The van der Waals surface area contributed by atoms with Crippen LogP contribution in [0.2, 0.25) is 0 Å². The minimum absolute atomic E-state index is 0.331. The van der Waals surface area contributed by atoms with E-state index in [0.29, 0.717) is 29.8 Å². The van der Waals surface area contributed by atoms with Gasteiger partial charge in [-0.05, 0) is 97.6 Å². The fourth-order valence-corrected chi connectivity index (χ4v) is 6.84. The normalized spacial score (nSPS) is 16.0. The molecule has 2 aromatic carbocycles. The Morgan fingerprint density at radius 3 is 2.49 bits per heavy atom. The molecule has 2 aromatic rings. The second-order valence-corrected chi connectivity index (χ2v) is 13.6. The summed E-state index contributed by atoms with van der Waals surface area (Å²) >= 11 is 1.58. The molecule has 0 radical (unpaired) electrons. The Labute approximate surface area is 265 Å². The molecule has 6 heteroatoms. The molecule has 1 fully saturated rings. The van der Waals surface area contributed by atoms with Crippen LogP contribution in [-0.4, -0.2) is 47.7 Å². The Hall–Kier alpha value is -2.31. The number of nitrogens with one attached hydrogen (secondary N) is 1. The highest BCUT2D eigenvalue weighted by Crippen LogP contribution is 2.30. The van der Waals surface area contributed by atoms with E-state index in [-0.39, 0.29) is 5.91 Å². The third-order valence-electron chi connectivity index (χ3n) is 9.04. The molecule has 1 aliphatic rings. The monoisotopic (exact) mass is 609 g/mol. The highest BCUT2D eigenvalue weighted by atomic mass is 32.2. The quantitative estimate of drug-likeness (QED) is 0.155. The minimum atomic E-state index is -0.996. The van der Waals surface area contributed by atoms with Crippen LogP contribution in [0.4, 0.5) is 0 Å². The number of carboxylic acids is 1. The number of carboxylic acid groups (broad SMARTS) is 1. The average molecular weight is 610 g/mol. The van der Waals surface area contributed by atoms with Gasteiger partial charge in [-0.15, -0.1) is 0 Å². The van der Waals surface area contributed by atoms with E-state index in [2.05, 4.69) is 38.2 Å². The molecule has 1 saturated carbocycles. The molecule has 3 atom stereocenters. The summed E-state index contributed by atoms with van der Waals surface area (Å²) in [6, 6.07) is 13.2. The fraction of sp³-hybridized carbons (Fsp3) is 0.622. The predicted octanol–water partition coefficient (Wildman–Crippen LogP) is 9.10. The number of hydrogen-bond donors (Lipinski definition) is 2. The van der Waals surface area contributed by atoms with Crippen molar-refractivity contribution in [2.45, 2.75) is 116 Å². The first kappa shape index (κ1) is 35.2. The lowest BCUT2D eigenvalue weighted by Gasteiger charge is -2.25. The second kappa shape index (κ2) is 19.2. The van der Waals surface area contributed by atoms with E-state index in [1.54, 1.807) is 11.8 Å². The third kappa shape index (κ3) is 11.9. The summed E-state index contributed by atoms with van der Waals surface area (Å²) in [7, 11) is 0. The van der Waals surface area contributed by atoms with Crippen LogP contribution in [0.5, 0.6) is 0 Å². The van der Waals surface area contributed by atoms with Gasteiger partial charge in [0, 0.05) is 12.2 Å². The Kier molecular flexibility index (Phi) is 15.7. The number of aryl methyl sites for hydroxylation is 2. The molecule has 238 valence electrons. The van der Waals surface area contributed by atoms with Crippen molar-refractivity contribution in [3.63, 3.8) is 0 Å². The summed E-state index contributed by atoms with van der Waals surface area (Å²) in [4.78, 5) is 25.1. The minimum Gasteiger partial charge on any atom is -0.480 e. The summed E-state index contributed by atoms with van der Waals surface area (Å²) in [5, 5.41) is 12.4. The molecular weight excluding hydrogens is 554 g/mol. The van der Waals surface area contributed by atoms with Crippen LogP contribution in [0.1, 0.15) is 112 Å². The van der Waals surface area contributed by atoms with E-state index >= 15 is 0 Å². The molecule has 0 heterocycles. The lowest BCUT2D eigenvalue weighted by Crippen LogP contribution is -2.41. The molecule has 5 nitrogen and oxygen atoms in total. The van der Waals surface area contributed by atoms with E-state index in [9.17, 15) is 14.7 Å². The van der Waals surface area contributed by atoms with Gasteiger partial charge in [-0.1, -0.05) is 95.2 Å². The smallest absolute Gasteiger partial charge is 0.326 e. The van der Waals surface area contributed by atoms with E-state index in [0.717, 1.165) is 42.1 Å². The van der Waals surface area contributed by atoms with Crippen molar-refractivity contribution in [3.05, 3.63) is 59.2 Å². The van der Waals surface area contributed by atoms with Gasteiger partial charge in [-0.3, -0.25) is 4.79 Å². The van der Waals surface area contributed by atoms with Crippen LogP contribution < -0.4 is 5.32 Å². The maximum atomic E-state index is 13.3. The van der Waals surface area contributed by atoms with Gasteiger partial charge in [0.1, 0.15) is 6.04 Å². The number of carbonyl (C=O) groups is 2. The zero-order chi connectivity index (χ0) is 31.0. The summed E-state index contributed by atoms with van der Waals surface area (Å²) in [6.07, 6.45) is 17.6. The number of rotatable bonds is 19. The number of amides is 1. The topological polar surface area (TPSA) is 75.6 Å². The van der Waals surface area contributed by atoms with Crippen molar-refractivity contribution in [2.24, 2.45) is 11.8 Å². The third-order valence-corrected chi connectivity index (χ3v) is 9.68. The van der Waals surface area contributed by atoms with Gasteiger partial charge in [0.05, 0.1) is 6.10 Å². The molecule has 1 amide bonds. The van der Waals surface area contributed by atoms with Gasteiger partial charge in [-0.25, -0.2) is 4.79 Å². The number of aliphatic carboxylic acids is 1. The first-order valence-corrected chi connectivity index (χ1v) is 18.0. The van der Waals surface area contributed by atoms with Crippen molar-refractivity contribution >= 4 is 23.6 Å². The van der Waals surface area contributed by atoms with Gasteiger partial charge in [0.2, 0.25) is 0 Å². The molecular formula is C37H55NO4S. The number of carbonyl (C=O) groups excluding carboxylic acids is 1. The number of thioether (sulfide) groups is 1. The summed E-state index contributed by atoms with van der Waals surface area (Å²) in [6.45, 7) is 7.64. The maximum absolute atomic E-state index is 13.3. The Morgan fingerprint density at radius 2 is 1.79 bits per heavy atom. The summed E-state index contributed by atoms with van der Waals surface area (Å²) < 4.78 is 6.25. The molecule has 43 heavy (non-hydrogen) atoms. The SMILES string of the molecule is CC[C@@H](CCCCCc1ccc(C(=O)N[C@@H](CCSC)C(=O)O)c(-c2ccccc2C)c1)CC(C)COC1CCCCC1. The number of ether oxygens (including phenoxy) is 1. The Morgan fingerprint density at radius 1 is 1.02 bits per heavy atom. The number of benzene rings is 2. The molecule has 0 aliphatic heterocycles. The van der Waals surface area contributed by atoms with E-state index in [1.165, 1.54) is 69.8 Å². The average Bonchev–Trinajstić information content (AvgIpc) is 3.01. The van der Waals surface area contributed by atoms with Crippen molar-refractivity contribution in [1.82, 2.24) is 5.32 Å². The zero-order valence-corrected chi connectivity index (χ0v) is 27.9. The molecule has 0 aromatic heterocycles. The Balaban J connectivity index is 1.55. The van der Waals surface area contributed by atoms with E-state index < -0.39 is 12.0 Å². The highest BCUT2D eigenvalue weighted by Gasteiger charge is 2.23. The summed E-state index contributed by atoms with van der Waals surface area (Å²) in [5.74, 6) is 0.735. The lowest BCUT2D eigenvalue weighted by molar-refractivity contribution is -0.139. The Bertz CT molecular complexity index is 1130. The molecule has 1 unspecified atom stereocenters. The largest absolute Gasteiger partial charge is 0.480 e. The first-order valence-electron chi connectivity index (χ1n) is 16.6. The van der Waals surface area contributed by atoms with Gasteiger partial charge in [-0.2, -0.15) is 11.8 Å². The van der Waals surface area contributed by atoms with E-state index in [4.69, 9.17) is 4.74 Å².